The van der Waals surface area contributed by atoms with Crippen molar-refractivity contribution in [1.82, 2.24) is 10.2 Å². The van der Waals surface area contributed by atoms with Crippen molar-refractivity contribution in [3.05, 3.63) is 29.3 Å². The molecule has 23 heavy (non-hydrogen) atoms. The molecule has 2 aliphatic rings. The Labute approximate surface area is 137 Å². The average molecular weight is 312 g/mol. The standard InChI is InChI=1S/C18H24N4O/c1-13-10-21(7-6-20-13)11-17(23)22-12-18(2,3)15-5-4-14(9-19)8-16(15)22/h4-5,8,13,20H,6-7,10-12H2,1-3H3/t13-/m1/s1. The lowest BCUT2D eigenvalue weighted by atomic mass is 9.87. The zero-order valence-electron chi connectivity index (χ0n) is 14.1. The van der Waals surface area contributed by atoms with Crippen LogP contribution in [0.15, 0.2) is 18.2 Å². The molecule has 1 aromatic rings. The number of anilines is 1. The maximum absolute atomic E-state index is 12.9. The number of amides is 1. The van der Waals surface area contributed by atoms with Gasteiger partial charge in [0.05, 0.1) is 18.2 Å². The topological polar surface area (TPSA) is 59.4 Å². The molecule has 0 bridgehead atoms. The van der Waals surface area contributed by atoms with Gasteiger partial charge in [-0.25, -0.2) is 0 Å². The summed E-state index contributed by atoms with van der Waals surface area (Å²) in [5.41, 5.74) is 2.59. The van der Waals surface area contributed by atoms with E-state index in [0.717, 1.165) is 30.9 Å². The number of nitriles is 1. The smallest absolute Gasteiger partial charge is 0.241 e. The van der Waals surface area contributed by atoms with Gasteiger partial charge < -0.3 is 10.2 Å². The molecule has 0 saturated carbocycles. The maximum Gasteiger partial charge on any atom is 0.241 e. The van der Waals surface area contributed by atoms with Gasteiger partial charge >= 0.3 is 0 Å². The highest BCUT2D eigenvalue weighted by atomic mass is 16.2. The minimum absolute atomic E-state index is 0.0737. The normalized spacial score (nSPS) is 23.4. The summed E-state index contributed by atoms with van der Waals surface area (Å²) in [6.45, 7) is 10.3. The summed E-state index contributed by atoms with van der Waals surface area (Å²) < 4.78 is 0. The molecule has 1 amide bonds. The van der Waals surface area contributed by atoms with Crippen molar-refractivity contribution in [3.63, 3.8) is 0 Å². The predicted molar refractivity (Wildman–Crippen MR) is 90.4 cm³/mol. The van der Waals surface area contributed by atoms with Crippen LogP contribution in [0.2, 0.25) is 0 Å². The zero-order valence-corrected chi connectivity index (χ0v) is 14.1. The molecule has 0 unspecified atom stereocenters. The van der Waals surface area contributed by atoms with Crippen LogP contribution < -0.4 is 10.2 Å². The Balaban J connectivity index is 1.81. The van der Waals surface area contributed by atoms with Gasteiger partial charge in [-0.15, -0.1) is 0 Å². The number of hydrogen-bond acceptors (Lipinski definition) is 4. The van der Waals surface area contributed by atoms with E-state index < -0.39 is 0 Å². The van der Waals surface area contributed by atoms with E-state index in [9.17, 15) is 4.79 Å². The number of hydrogen-bond donors (Lipinski definition) is 1. The van der Waals surface area contributed by atoms with Crippen LogP contribution in [-0.4, -0.2) is 49.6 Å². The summed E-state index contributed by atoms with van der Waals surface area (Å²) in [6, 6.07) is 8.28. The zero-order chi connectivity index (χ0) is 16.6. The van der Waals surface area contributed by atoms with Gasteiger partial charge in [-0.05, 0) is 24.6 Å². The first kappa shape index (κ1) is 16.0. The Morgan fingerprint density at radius 3 is 2.96 bits per heavy atom. The molecule has 0 aliphatic carbocycles. The second-order valence-electron chi connectivity index (χ2n) is 7.30. The first-order valence-corrected chi connectivity index (χ1v) is 8.21. The Morgan fingerprint density at radius 2 is 2.26 bits per heavy atom. The molecule has 1 aromatic carbocycles. The molecule has 0 radical (unpaired) electrons. The van der Waals surface area contributed by atoms with Gasteiger partial charge in [0.25, 0.3) is 0 Å². The minimum Gasteiger partial charge on any atom is -0.312 e. The monoisotopic (exact) mass is 312 g/mol. The van der Waals surface area contributed by atoms with Crippen molar-refractivity contribution in [3.8, 4) is 6.07 Å². The molecule has 122 valence electrons. The highest BCUT2D eigenvalue weighted by Crippen LogP contribution is 2.40. The van der Waals surface area contributed by atoms with Gasteiger partial charge in [0, 0.05) is 43.3 Å². The number of nitrogens with zero attached hydrogens (tertiary/aromatic N) is 3. The summed E-state index contributed by atoms with van der Waals surface area (Å²) in [6.07, 6.45) is 0. The fourth-order valence-electron chi connectivity index (χ4n) is 3.62. The van der Waals surface area contributed by atoms with Crippen LogP contribution in [0.3, 0.4) is 0 Å². The van der Waals surface area contributed by atoms with Gasteiger partial charge in [-0.2, -0.15) is 5.26 Å². The first-order valence-electron chi connectivity index (χ1n) is 8.21. The van der Waals surface area contributed by atoms with Gasteiger partial charge in [0.1, 0.15) is 0 Å². The Bertz CT molecular complexity index is 661. The largest absolute Gasteiger partial charge is 0.312 e. The maximum atomic E-state index is 12.9. The van der Waals surface area contributed by atoms with Crippen LogP contribution in [0, 0.1) is 11.3 Å². The predicted octanol–water partition coefficient (Wildman–Crippen LogP) is 1.48. The molecule has 0 spiro atoms. The molecule has 1 atom stereocenters. The molecule has 0 aromatic heterocycles. The second kappa shape index (κ2) is 5.95. The number of carbonyl (C=O) groups excluding carboxylic acids is 1. The molecule has 2 heterocycles. The van der Waals surface area contributed by atoms with Crippen molar-refractivity contribution >= 4 is 11.6 Å². The average Bonchev–Trinajstić information content (AvgIpc) is 2.78. The van der Waals surface area contributed by atoms with E-state index in [4.69, 9.17) is 5.26 Å². The highest BCUT2D eigenvalue weighted by Gasteiger charge is 2.38. The number of piperazine rings is 1. The number of carbonyl (C=O) groups is 1. The fourth-order valence-corrected chi connectivity index (χ4v) is 3.62. The summed E-state index contributed by atoms with van der Waals surface area (Å²) in [5.74, 6) is 0.126. The first-order chi connectivity index (χ1) is 10.9. The lowest BCUT2D eigenvalue weighted by molar-refractivity contribution is -0.120. The number of nitrogens with one attached hydrogen (secondary N) is 1. The van der Waals surface area contributed by atoms with Crippen LogP contribution >= 0.6 is 0 Å². The third-order valence-corrected chi connectivity index (χ3v) is 4.81. The van der Waals surface area contributed by atoms with Crippen molar-refractivity contribution < 1.29 is 4.79 Å². The van der Waals surface area contributed by atoms with Crippen molar-refractivity contribution in [2.75, 3.05) is 37.6 Å². The van der Waals surface area contributed by atoms with E-state index in [2.05, 4.69) is 37.1 Å². The minimum atomic E-state index is -0.0737. The Kier molecular flexibility index (Phi) is 4.13. The third-order valence-electron chi connectivity index (χ3n) is 4.81. The number of benzene rings is 1. The lowest BCUT2D eigenvalue weighted by Crippen LogP contribution is -2.52. The molecule has 1 N–H and O–H groups in total. The Morgan fingerprint density at radius 1 is 1.48 bits per heavy atom. The number of fused-ring (bicyclic) bond motifs is 1. The van der Waals surface area contributed by atoms with Crippen LogP contribution in [0.1, 0.15) is 31.9 Å². The third kappa shape index (κ3) is 3.10. The van der Waals surface area contributed by atoms with Crippen LogP contribution in [0.25, 0.3) is 0 Å². The number of rotatable bonds is 2. The quantitative estimate of drug-likeness (QED) is 0.898. The molecular weight excluding hydrogens is 288 g/mol. The molecule has 5 heteroatoms. The molecule has 5 nitrogen and oxygen atoms in total. The van der Waals surface area contributed by atoms with Crippen molar-refractivity contribution in [2.24, 2.45) is 0 Å². The highest BCUT2D eigenvalue weighted by molar-refractivity contribution is 5.97. The van der Waals surface area contributed by atoms with Gasteiger partial charge in [-0.1, -0.05) is 19.9 Å². The van der Waals surface area contributed by atoms with E-state index in [1.807, 2.05) is 23.1 Å². The van der Waals surface area contributed by atoms with E-state index >= 15 is 0 Å². The van der Waals surface area contributed by atoms with Gasteiger partial charge in [0.2, 0.25) is 5.91 Å². The van der Waals surface area contributed by atoms with E-state index in [-0.39, 0.29) is 11.3 Å². The second-order valence-corrected chi connectivity index (χ2v) is 7.30. The molecular formula is C18H24N4O. The van der Waals surface area contributed by atoms with Crippen LogP contribution in [0.5, 0.6) is 0 Å². The van der Waals surface area contributed by atoms with Crippen LogP contribution in [-0.2, 0) is 10.2 Å². The van der Waals surface area contributed by atoms with E-state index in [0.29, 0.717) is 24.7 Å². The lowest BCUT2D eigenvalue weighted by Gasteiger charge is -2.32. The van der Waals surface area contributed by atoms with Crippen molar-refractivity contribution in [1.29, 1.82) is 5.26 Å². The molecule has 2 aliphatic heterocycles. The fraction of sp³-hybridized carbons (Fsp3) is 0.556. The van der Waals surface area contributed by atoms with Crippen molar-refractivity contribution in [2.45, 2.75) is 32.2 Å². The summed E-state index contributed by atoms with van der Waals surface area (Å²) in [4.78, 5) is 16.9. The van der Waals surface area contributed by atoms with E-state index in [1.54, 1.807) is 0 Å². The van der Waals surface area contributed by atoms with Gasteiger partial charge in [-0.3, -0.25) is 9.69 Å². The SMILES string of the molecule is C[C@@H]1CN(CC(=O)N2CC(C)(C)c3ccc(C#N)cc32)CCN1. The van der Waals surface area contributed by atoms with Crippen LogP contribution in [0.4, 0.5) is 5.69 Å². The summed E-state index contributed by atoms with van der Waals surface area (Å²) in [5, 5.41) is 12.5. The molecule has 1 saturated heterocycles. The molecule has 3 rings (SSSR count). The van der Waals surface area contributed by atoms with E-state index in [1.165, 1.54) is 0 Å². The summed E-state index contributed by atoms with van der Waals surface area (Å²) in [7, 11) is 0. The van der Waals surface area contributed by atoms with Gasteiger partial charge in [0.15, 0.2) is 0 Å². The summed E-state index contributed by atoms with van der Waals surface area (Å²) >= 11 is 0. The Hall–Kier alpha value is -1.90. The molecule has 1 fully saturated rings.